The standard InChI is InChI=1S/C27H38N4O2/c1-27(2,3)24(30-26(33)29-22-18-12-11-17-21(22)28)25(32)31(4)23(19-13-7-5-8-14-19)20-15-9-6-10-16-20/h5-10,13-16,21-24H,11-12,17-18,28H2,1-4H3,(H2,29,30,33)/t21-,22-,24-/m1/s1. The lowest BCUT2D eigenvalue weighted by Crippen LogP contribution is -2.59. The number of carbonyl (C=O) groups is 2. The Bertz CT molecular complexity index is 871. The molecule has 0 aromatic heterocycles. The highest BCUT2D eigenvalue weighted by Gasteiger charge is 2.38. The van der Waals surface area contributed by atoms with E-state index in [1.165, 1.54) is 0 Å². The van der Waals surface area contributed by atoms with Gasteiger partial charge in [-0.25, -0.2) is 4.79 Å². The fraction of sp³-hybridized carbons (Fsp3) is 0.481. The van der Waals surface area contributed by atoms with Crippen molar-refractivity contribution < 1.29 is 9.59 Å². The highest BCUT2D eigenvalue weighted by molar-refractivity contribution is 5.88. The minimum absolute atomic E-state index is 0.0449. The molecule has 0 bridgehead atoms. The van der Waals surface area contributed by atoms with Gasteiger partial charge in [0.15, 0.2) is 0 Å². The number of nitrogens with one attached hydrogen (secondary N) is 2. The number of nitrogens with two attached hydrogens (primary N) is 1. The first kappa shape index (κ1) is 24.8. The SMILES string of the molecule is CN(C(=O)[C@@H](NC(=O)N[C@@H]1CCCC[C@H]1N)C(C)(C)C)C(c1ccccc1)c1ccccc1. The van der Waals surface area contributed by atoms with E-state index in [0.29, 0.717) is 0 Å². The van der Waals surface area contributed by atoms with Crippen LogP contribution in [0.4, 0.5) is 4.79 Å². The van der Waals surface area contributed by atoms with Crippen LogP contribution in [-0.2, 0) is 4.79 Å². The monoisotopic (exact) mass is 450 g/mol. The maximum Gasteiger partial charge on any atom is 0.315 e. The molecule has 0 spiro atoms. The van der Waals surface area contributed by atoms with Gasteiger partial charge in [0.1, 0.15) is 6.04 Å². The molecule has 0 aliphatic heterocycles. The molecule has 0 unspecified atom stereocenters. The quantitative estimate of drug-likeness (QED) is 0.616. The minimum atomic E-state index is -0.697. The van der Waals surface area contributed by atoms with Gasteiger partial charge < -0.3 is 21.3 Å². The largest absolute Gasteiger partial charge is 0.334 e. The molecule has 0 saturated heterocycles. The van der Waals surface area contributed by atoms with Crippen molar-refractivity contribution in [3.8, 4) is 0 Å². The van der Waals surface area contributed by atoms with Crippen molar-refractivity contribution in [2.45, 2.75) is 70.6 Å². The zero-order valence-electron chi connectivity index (χ0n) is 20.3. The summed E-state index contributed by atoms with van der Waals surface area (Å²) in [5.74, 6) is -0.136. The van der Waals surface area contributed by atoms with Crippen molar-refractivity contribution >= 4 is 11.9 Å². The molecular weight excluding hydrogens is 412 g/mol. The highest BCUT2D eigenvalue weighted by Crippen LogP contribution is 2.30. The van der Waals surface area contributed by atoms with Crippen LogP contribution in [0.2, 0.25) is 0 Å². The van der Waals surface area contributed by atoms with Crippen LogP contribution >= 0.6 is 0 Å². The van der Waals surface area contributed by atoms with Gasteiger partial charge in [0.25, 0.3) is 0 Å². The van der Waals surface area contributed by atoms with Crippen LogP contribution in [0.15, 0.2) is 60.7 Å². The first-order valence-corrected chi connectivity index (χ1v) is 11.9. The van der Waals surface area contributed by atoms with Crippen LogP contribution in [-0.4, -0.2) is 42.0 Å². The Labute approximate surface area is 197 Å². The molecule has 1 aliphatic carbocycles. The Morgan fingerprint density at radius 2 is 1.45 bits per heavy atom. The van der Waals surface area contributed by atoms with Gasteiger partial charge in [-0.1, -0.05) is 94.3 Å². The van der Waals surface area contributed by atoms with Crippen LogP contribution in [0.3, 0.4) is 0 Å². The molecule has 1 saturated carbocycles. The number of urea groups is 1. The van der Waals surface area contributed by atoms with Crippen molar-refractivity contribution in [3.05, 3.63) is 71.8 Å². The van der Waals surface area contributed by atoms with Gasteiger partial charge in [-0.05, 0) is 29.4 Å². The molecule has 3 atom stereocenters. The van der Waals surface area contributed by atoms with E-state index >= 15 is 0 Å². The minimum Gasteiger partial charge on any atom is -0.334 e. The van der Waals surface area contributed by atoms with E-state index in [1.807, 2.05) is 88.5 Å². The topological polar surface area (TPSA) is 87.5 Å². The second-order valence-corrected chi connectivity index (χ2v) is 10.1. The van der Waals surface area contributed by atoms with Crippen molar-refractivity contribution in [2.75, 3.05) is 7.05 Å². The van der Waals surface area contributed by atoms with Crippen LogP contribution in [0.25, 0.3) is 0 Å². The Balaban J connectivity index is 1.83. The molecule has 4 N–H and O–H groups in total. The lowest BCUT2D eigenvalue weighted by molar-refractivity contribution is -0.136. The summed E-state index contributed by atoms with van der Waals surface area (Å²) in [6.07, 6.45) is 3.92. The third-order valence-corrected chi connectivity index (χ3v) is 6.49. The fourth-order valence-electron chi connectivity index (χ4n) is 4.57. The molecule has 3 amide bonds. The van der Waals surface area contributed by atoms with Crippen LogP contribution in [0.5, 0.6) is 0 Å². The normalized spacial score (nSPS) is 19.6. The second kappa shape index (κ2) is 10.8. The predicted molar refractivity (Wildman–Crippen MR) is 133 cm³/mol. The van der Waals surface area contributed by atoms with Gasteiger partial charge in [-0.2, -0.15) is 0 Å². The van der Waals surface area contributed by atoms with E-state index in [-0.39, 0.29) is 30.1 Å². The van der Waals surface area contributed by atoms with E-state index in [0.717, 1.165) is 36.8 Å². The number of likely N-dealkylation sites (N-methyl/N-ethyl adjacent to an activating group) is 1. The molecule has 178 valence electrons. The van der Waals surface area contributed by atoms with E-state index < -0.39 is 11.5 Å². The number of amides is 3. The van der Waals surface area contributed by atoms with Crippen molar-refractivity contribution in [2.24, 2.45) is 11.1 Å². The highest BCUT2D eigenvalue weighted by atomic mass is 16.2. The predicted octanol–water partition coefficient (Wildman–Crippen LogP) is 4.22. The fourth-order valence-corrected chi connectivity index (χ4v) is 4.57. The number of carbonyl (C=O) groups excluding carboxylic acids is 2. The van der Waals surface area contributed by atoms with Gasteiger partial charge >= 0.3 is 6.03 Å². The molecule has 2 aromatic carbocycles. The molecule has 33 heavy (non-hydrogen) atoms. The maximum absolute atomic E-state index is 13.8. The summed E-state index contributed by atoms with van der Waals surface area (Å²) in [7, 11) is 1.81. The van der Waals surface area contributed by atoms with E-state index in [1.54, 1.807) is 4.90 Å². The summed E-state index contributed by atoms with van der Waals surface area (Å²) >= 11 is 0. The van der Waals surface area contributed by atoms with Gasteiger partial charge in [0.2, 0.25) is 5.91 Å². The number of hydrogen-bond acceptors (Lipinski definition) is 3. The maximum atomic E-state index is 13.8. The van der Waals surface area contributed by atoms with E-state index in [2.05, 4.69) is 10.6 Å². The Morgan fingerprint density at radius 3 is 1.94 bits per heavy atom. The van der Waals surface area contributed by atoms with Crippen molar-refractivity contribution in [1.82, 2.24) is 15.5 Å². The molecule has 6 heteroatoms. The zero-order valence-corrected chi connectivity index (χ0v) is 20.3. The molecule has 1 fully saturated rings. The van der Waals surface area contributed by atoms with Crippen molar-refractivity contribution in [1.29, 1.82) is 0 Å². The summed E-state index contributed by atoms with van der Waals surface area (Å²) in [4.78, 5) is 28.5. The van der Waals surface area contributed by atoms with Crippen LogP contribution in [0.1, 0.15) is 63.6 Å². The molecular formula is C27H38N4O2. The van der Waals surface area contributed by atoms with Gasteiger partial charge in [-0.3, -0.25) is 4.79 Å². The average molecular weight is 451 g/mol. The van der Waals surface area contributed by atoms with Crippen LogP contribution in [0, 0.1) is 5.41 Å². The number of benzene rings is 2. The number of hydrogen-bond donors (Lipinski definition) is 3. The summed E-state index contributed by atoms with van der Waals surface area (Å²) < 4.78 is 0. The molecule has 6 nitrogen and oxygen atoms in total. The van der Waals surface area contributed by atoms with Crippen LogP contribution < -0.4 is 16.4 Å². The third-order valence-electron chi connectivity index (χ3n) is 6.49. The molecule has 0 heterocycles. The smallest absolute Gasteiger partial charge is 0.315 e. The number of rotatable bonds is 6. The Morgan fingerprint density at radius 1 is 0.939 bits per heavy atom. The Kier molecular flexibility index (Phi) is 8.14. The summed E-state index contributed by atoms with van der Waals surface area (Å²) in [6, 6.07) is 18.5. The first-order valence-electron chi connectivity index (χ1n) is 11.9. The number of nitrogens with zero attached hydrogens (tertiary/aromatic N) is 1. The van der Waals surface area contributed by atoms with Crippen molar-refractivity contribution in [3.63, 3.8) is 0 Å². The molecule has 3 rings (SSSR count). The zero-order chi connectivity index (χ0) is 24.0. The Hall–Kier alpha value is -2.86. The van der Waals surface area contributed by atoms with Gasteiger partial charge in [-0.15, -0.1) is 0 Å². The lowest BCUT2D eigenvalue weighted by Gasteiger charge is -2.38. The second-order valence-electron chi connectivity index (χ2n) is 10.1. The lowest BCUT2D eigenvalue weighted by atomic mass is 9.85. The summed E-state index contributed by atoms with van der Waals surface area (Å²) in [5.41, 5.74) is 7.76. The summed E-state index contributed by atoms with van der Waals surface area (Å²) in [6.45, 7) is 5.90. The summed E-state index contributed by atoms with van der Waals surface area (Å²) in [5, 5.41) is 5.98. The van der Waals surface area contributed by atoms with E-state index in [4.69, 9.17) is 5.73 Å². The molecule has 2 aromatic rings. The average Bonchev–Trinajstić information content (AvgIpc) is 2.79. The molecule has 1 aliphatic rings. The van der Waals surface area contributed by atoms with E-state index in [9.17, 15) is 9.59 Å². The van der Waals surface area contributed by atoms with Gasteiger partial charge in [0, 0.05) is 19.1 Å². The van der Waals surface area contributed by atoms with Gasteiger partial charge in [0.05, 0.1) is 6.04 Å². The first-order chi connectivity index (χ1) is 15.7. The molecule has 0 radical (unpaired) electrons. The third kappa shape index (κ3) is 6.35.